The molecule has 4 rings (SSSR count). The van der Waals surface area contributed by atoms with Gasteiger partial charge in [0, 0.05) is 31.7 Å². The van der Waals surface area contributed by atoms with Crippen LogP contribution in [0, 0.1) is 11.6 Å². The molecule has 1 aliphatic rings. The minimum Gasteiger partial charge on any atom is -0.490 e. The third-order valence-electron chi connectivity index (χ3n) is 5.49. The minimum atomic E-state index is -1.06. The fourth-order valence-electron chi connectivity index (χ4n) is 3.69. The first kappa shape index (κ1) is 23.2. The number of carbonyl (C=O) groups excluding carboxylic acids is 2. The maximum absolute atomic E-state index is 13.5. The lowest BCUT2D eigenvalue weighted by molar-refractivity contribution is 0.0532. The number of nitrogens with zero attached hydrogens (tertiary/aromatic N) is 2. The van der Waals surface area contributed by atoms with Gasteiger partial charge in [-0.15, -0.1) is 0 Å². The largest absolute Gasteiger partial charge is 0.490 e. The summed E-state index contributed by atoms with van der Waals surface area (Å²) in [5, 5.41) is 0. The van der Waals surface area contributed by atoms with Gasteiger partial charge < -0.3 is 19.3 Å². The summed E-state index contributed by atoms with van der Waals surface area (Å²) >= 11 is 0. The number of halogens is 2. The molecular formula is C26H24F2N2O4. The maximum Gasteiger partial charge on any atom is 0.257 e. The van der Waals surface area contributed by atoms with Crippen molar-refractivity contribution in [1.82, 2.24) is 9.80 Å². The molecule has 0 atom stereocenters. The van der Waals surface area contributed by atoms with Crippen LogP contribution in [0.15, 0.2) is 72.8 Å². The van der Waals surface area contributed by atoms with E-state index in [0.717, 1.165) is 17.9 Å². The van der Waals surface area contributed by atoms with Gasteiger partial charge in [-0.25, -0.2) is 8.78 Å². The molecule has 1 aliphatic heterocycles. The van der Waals surface area contributed by atoms with E-state index in [2.05, 4.69) is 0 Å². The molecule has 0 unspecified atom stereocenters. The predicted molar refractivity (Wildman–Crippen MR) is 122 cm³/mol. The number of amides is 2. The number of ether oxygens (including phenoxy) is 2. The number of benzene rings is 3. The topological polar surface area (TPSA) is 59.1 Å². The average molecular weight is 466 g/mol. The van der Waals surface area contributed by atoms with Crippen LogP contribution >= 0.6 is 0 Å². The lowest BCUT2D eigenvalue weighted by Crippen LogP contribution is -2.50. The molecule has 1 heterocycles. The second kappa shape index (κ2) is 10.8. The maximum atomic E-state index is 13.5. The van der Waals surface area contributed by atoms with E-state index >= 15 is 0 Å². The van der Waals surface area contributed by atoms with Crippen LogP contribution in [0.25, 0.3) is 0 Å². The van der Waals surface area contributed by atoms with Crippen molar-refractivity contribution in [2.75, 3.05) is 39.4 Å². The van der Waals surface area contributed by atoms with Crippen LogP contribution in [0.1, 0.15) is 20.7 Å². The Morgan fingerprint density at radius 2 is 1.32 bits per heavy atom. The van der Waals surface area contributed by atoms with E-state index in [9.17, 15) is 18.4 Å². The smallest absolute Gasteiger partial charge is 0.257 e. The number of hydrogen-bond acceptors (Lipinski definition) is 4. The first-order chi connectivity index (χ1) is 16.5. The molecule has 0 N–H and O–H groups in total. The molecule has 3 aromatic carbocycles. The summed E-state index contributed by atoms with van der Waals surface area (Å²) in [7, 11) is 0. The predicted octanol–water partition coefficient (Wildman–Crippen LogP) is 4.02. The zero-order valence-electron chi connectivity index (χ0n) is 18.5. The van der Waals surface area contributed by atoms with E-state index in [1.807, 2.05) is 30.3 Å². The van der Waals surface area contributed by atoms with Gasteiger partial charge in [-0.2, -0.15) is 0 Å². The highest BCUT2D eigenvalue weighted by molar-refractivity contribution is 5.97. The molecule has 6 nitrogen and oxygen atoms in total. The Balaban J connectivity index is 1.32. The molecule has 0 radical (unpaired) electrons. The van der Waals surface area contributed by atoms with Gasteiger partial charge in [0.05, 0.1) is 5.56 Å². The molecule has 2 amide bonds. The van der Waals surface area contributed by atoms with E-state index < -0.39 is 17.5 Å². The number of piperazine rings is 1. The summed E-state index contributed by atoms with van der Waals surface area (Å²) in [5.74, 6) is -1.45. The van der Waals surface area contributed by atoms with Gasteiger partial charge in [0.25, 0.3) is 11.8 Å². The fraction of sp³-hybridized carbons (Fsp3) is 0.231. The first-order valence-corrected chi connectivity index (χ1v) is 11.0. The summed E-state index contributed by atoms with van der Waals surface area (Å²) in [6.07, 6.45) is 0. The Labute approximate surface area is 196 Å². The van der Waals surface area contributed by atoms with E-state index in [1.54, 1.807) is 29.2 Å². The molecule has 0 spiro atoms. The second-order valence-electron chi connectivity index (χ2n) is 7.72. The highest BCUT2D eigenvalue weighted by Crippen LogP contribution is 2.21. The monoisotopic (exact) mass is 466 g/mol. The zero-order valence-corrected chi connectivity index (χ0v) is 18.5. The van der Waals surface area contributed by atoms with Crippen molar-refractivity contribution in [2.24, 2.45) is 0 Å². The van der Waals surface area contributed by atoms with E-state index in [1.165, 1.54) is 11.0 Å². The molecule has 1 saturated heterocycles. The molecule has 1 fully saturated rings. The molecule has 0 bridgehead atoms. The van der Waals surface area contributed by atoms with Gasteiger partial charge in [-0.3, -0.25) is 9.59 Å². The Bertz CT molecular complexity index is 1150. The molecule has 0 saturated carbocycles. The zero-order chi connectivity index (χ0) is 23.9. The van der Waals surface area contributed by atoms with E-state index in [-0.39, 0.29) is 31.2 Å². The highest BCUT2D eigenvalue weighted by Gasteiger charge is 2.27. The van der Waals surface area contributed by atoms with Crippen LogP contribution in [-0.4, -0.2) is 61.0 Å². The van der Waals surface area contributed by atoms with E-state index in [0.29, 0.717) is 31.0 Å². The van der Waals surface area contributed by atoms with Gasteiger partial charge in [0.2, 0.25) is 0 Å². The van der Waals surface area contributed by atoms with Crippen molar-refractivity contribution in [3.05, 3.63) is 95.6 Å². The van der Waals surface area contributed by atoms with Crippen LogP contribution < -0.4 is 9.47 Å². The van der Waals surface area contributed by atoms with Crippen molar-refractivity contribution in [3.8, 4) is 11.5 Å². The Kier molecular flexibility index (Phi) is 7.37. The third kappa shape index (κ3) is 5.51. The number of carbonyl (C=O) groups is 2. The quantitative estimate of drug-likeness (QED) is 0.494. The fourth-order valence-corrected chi connectivity index (χ4v) is 3.69. The van der Waals surface area contributed by atoms with Crippen LogP contribution in [-0.2, 0) is 0 Å². The standard InChI is InChI=1S/C26H24F2N2O4/c27-22-11-10-19(18-23(22)28)25(31)29-12-14-30(15-13-29)26(32)21-8-4-5-9-24(21)34-17-16-33-20-6-2-1-3-7-20/h1-11,18H,12-17H2. The van der Waals surface area contributed by atoms with Gasteiger partial charge in [0.1, 0.15) is 24.7 Å². The first-order valence-electron chi connectivity index (χ1n) is 11.0. The molecule has 0 aliphatic carbocycles. The summed E-state index contributed by atoms with van der Waals surface area (Å²) in [4.78, 5) is 28.9. The molecule has 34 heavy (non-hydrogen) atoms. The summed E-state index contributed by atoms with van der Waals surface area (Å²) < 4.78 is 38.1. The number of para-hydroxylation sites is 2. The summed E-state index contributed by atoms with van der Waals surface area (Å²) in [6, 6.07) is 19.5. The van der Waals surface area contributed by atoms with Gasteiger partial charge in [-0.1, -0.05) is 30.3 Å². The van der Waals surface area contributed by atoms with Crippen LogP contribution in [0.5, 0.6) is 11.5 Å². The average Bonchev–Trinajstić information content (AvgIpc) is 2.88. The van der Waals surface area contributed by atoms with Crippen LogP contribution in [0.2, 0.25) is 0 Å². The highest BCUT2D eigenvalue weighted by atomic mass is 19.2. The molecule has 176 valence electrons. The number of hydrogen-bond donors (Lipinski definition) is 0. The molecular weight excluding hydrogens is 442 g/mol. The van der Waals surface area contributed by atoms with E-state index in [4.69, 9.17) is 9.47 Å². The van der Waals surface area contributed by atoms with Crippen molar-refractivity contribution in [1.29, 1.82) is 0 Å². The molecule has 3 aromatic rings. The molecule has 8 heteroatoms. The lowest BCUT2D eigenvalue weighted by atomic mass is 10.1. The summed E-state index contributed by atoms with van der Waals surface area (Å²) in [5.41, 5.74) is 0.512. The molecule has 0 aromatic heterocycles. The Morgan fingerprint density at radius 3 is 2.03 bits per heavy atom. The van der Waals surface area contributed by atoms with Crippen molar-refractivity contribution >= 4 is 11.8 Å². The normalized spacial score (nSPS) is 13.5. The van der Waals surface area contributed by atoms with Crippen LogP contribution in [0.4, 0.5) is 8.78 Å². The van der Waals surface area contributed by atoms with Crippen LogP contribution in [0.3, 0.4) is 0 Å². The second-order valence-corrected chi connectivity index (χ2v) is 7.72. The SMILES string of the molecule is O=C(c1ccc(F)c(F)c1)N1CCN(C(=O)c2ccccc2OCCOc2ccccc2)CC1. The van der Waals surface area contributed by atoms with Gasteiger partial charge in [-0.05, 0) is 42.5 Å². The third-order valence-corrected chi connectivity index (χ3v) is 5.49. The van der Waals surface area contributed by atoms with Crippen molar-refractivity contribution in [3.63, 3.8) is 0 Å². The van der Waals surface area contributed by atoms with Gasteiger partial charge >= 0.3 is 0 Å². The Morgan fingerprint density at radius 1 is 0.706 bits per heavy atom. The lowest BCUT2D eigenvalue weighted by Gasteiger charge is -2.35. The Hall–Kier alpha value is -3.94. The minimum absolute atomic E-state index is 0.0788. The number of rotatable bonds is 7. The van der Waals surface area contributed by atoms with Crippen molar-refractivity contribution in [2.45, 2.75) is 0 Å². The summed E-state index contributed by atoms with van der Waals surface area (Å²) in [6.45, 7) is 1.82. The van der Waals surface area contributed by atoms with Gasteiger partial charge in [0.15, 0.2) is 11.6 Å². The van der Waals surface area contributed by atoms with Crippen molar-refractivity contribution < 1.29 is 27.8 Å².